The molecular weight excluding hydrogens is 284 g/mol. The molecule has 3 heteroatoms. The van der Waals surface area contributed by atoms with Crippen LogP contribution in [0, 0.1) is 5.92 Å². The van der Waals surface area contributed by atoms with Crippen LogP contribution in [0.4, 0.5) is 5.69 Å². The summed E-state index contributed by atoms with van der Waals surface area (Å²) in [6.07, 6.45) is 5.16. The SMILES string of the molecule is C[C@H]([NH2+][C@H]1CCCC[C@H]1C)C(=O)Nc1ccc2ccccc2c1. The van der Waals surface area contributed by atoms with Crippen molar-refractivity contribution in [1.82, 2.24) is 0 Å². The molecule has 0 aromatic heterocycles. The third-order valence-corrected chi connectivity index (χ3v) is 5.14. The van der Waals surface area contributed by atoms with Gasteiger partial charge in [0.05, 0.1) is 6.04 Å². The van der Waals surface area contributed by atoms with Gasteiger partial charge in [-0.25, -0.2) is 0 Å². The highest BCUT2D eigenvalue weighted by Gasteiger charge is 2.28. The van der Waals surface area contributed by atoms with E-state index in [0.29, 0.717) is 12.0 Å². The first-order valence-corrected chi connectivity index (χ1v) is 8.78. The van der Waals surface area contributed by atoms with Gasteiger partial charge in [0.2, 0.25) is 0 Å². The topological polar surface area (TPSA) is 45.7 Å². The second-order valence-corrected chi connectivity index (χ2v) is 6.96. The zero-order valence-corrected chi connectivity index (χ0v) is 14.1. The molecule has 0 aliphatic heterocycles. The van der Waals surface area contributed by atoms with Gasteiger partial charge in [-0.05, 0) is 49.1 Å². The zero-order chi connectivity index (χ0) is 16.2. The molecular formula is C20H27N2O+. The smallest absolute Gasteiger partial charge is 0.282 e. The van der Waals surface area contributed by atoms with Gasteiger partial charge in [0.25, 0.3) is 5.91 Å². The Balaban J connectivity index is 1.62. The van der Waals surface area contributed by atoms with Crippen LogP contribution < -0.4 is 10.6 Å². The Labute approximate surface area is 138 Å². The molecule has 0 bridgehead atoms. The van der Waals surface area contributed by atoms with Crippen LogP contribution in [-0.2, 0) is 4.79 Å². The standard InChI is InChI=1S/C20H26N2O/c1-14-7-3-6-10-19(14)21-15(2)20(23)22-18-12-11-16-8-4-5-9-17(16)13-18/h4-5,8-9,11-15,19,21H,3,6-7,10H2,1-2H3,(H,22,23)/p+1/t14-,15+,19+/m1/s1. The van der Waals surface area contributed by atoms with E-state index in [-0.39, 0.29) is 11.9 Å². The molecule has 0 radical (unpaired) electrons. The molecule has 3 rings (SSSR count). The van der Waals surface area contributed by atoms with Gasteiger partial charge in [-0.15, -0.1) is 0 Å². The predicted molar refractivity (Wildman–Crippen MR) is 95.4 cm³/mol. The van der Waals surface area contributed by atoms with Gasteiger partial charge < -0.3 is 10.6 Å². The van der Waals surface area contributed by atoms with Crippen molar-refractivity contribution in [2.75, 3.05) is 5.32 Å². The molecule has 1 aliphatic carbocycles. The summed E-state index contributed by atoms with van der Waals surface area (Å²) >= 11 is 0. The van der Waals surface area contributed by atoms with Crippen LogP contribution in [0.15, 0.2) is 42.5 Å². The number of amides is 1. The highest BCUT2D eigenvalue weighted by atomic mass is 16.2. The van der Waals surface area contributed by atoms with E-state index in [1.165, 1.54) is 31.1 Å². The van der Waals surface area contributed by atoms with Crippen molar-refractivity contribution in [3.05, 3.63) is 42.5 Å². The normalized spacial score (nSPS) is 22.7. The second kappa shape index (κ2) is 7.14. The molecule has 1 saturated carbocycles. The molecule has 0 saturated heterocycles. The lowest BCUT2D eigenvalue weighted by atomic mass is 9.85. The summed E-state index contributed by atoms with van der Waals surface area (Å²) in [7, 11) is 0. The van der Waals surface area contributed by atoms with Gasteiger partial charge in [-0.1, -0.05) is 43.7 Å². The second-order valence-electron chi connectivity index (χ2n) is 6.96. The minimum Gasteiger partial charge on any atom is -0.334 e. The molecule has 0 spiro atoms. The number of fused-ring (bicyclic) bond motifs is 1. The number of hydrogen-bond donors (Lipinski definition) is 2. The lowest BCUT2D eigenvalue weighted by Gasteiger charge is -2.28. The van der Waals surface area contributed by atoms with Crippen LogP contribution in [0.1, 0.15) is 39.5 Å². The molecule has 1 amide bonds. The number of carbonyl (C=O) groups excluding carboxylic acids is 1. The Morgan fingerprint density at radius 3 is 2.65 bits per heavy atom. The van der Waals surface area contributed by atoms with Crippen LogP contribution >= 0.6 is 0 Å². The minimum absolute atomic E-state index is 0.0491. The Morgan fingerprint density at radius 2 is 1.87 bits per heavy atom. The van der Waals surface area contributed by atoms with Crippen molar-refractivity contribution in [3.63, 3.8) is 0 Å². The Kier molecular flexibility index (Phi) is 4.97. The van der Waals surface area contributed by atoms with Gasteiger partial charge >= 0.3 is 0 Å². The first kappa shape index (κ1) is 16.0. The third kappa shape index (κ3) is 3.91. The fourth-order valence-electron chi connectivity index (χ4n) is 3.61. The molecule has 23 heavy (non-hydrogen) atoms. The van der Waals surface area contributed by atoms with Crippen molar-refractivity contribution >= 4 is 22.4 Å². The van der Waals surface area contributed by atoms with Crippen LogP contribution in [0.5, 0.6) is 0 Å². The van der Waals surface area contributed by atoms with Gasteiger partial charge in [-0.3, -0.25) is 4.79 Å². The number of rotatable bonds is 4. The summed E-state index contributed by atoms with van der Waals surface area (Å²) in [6.45, 7) is 4.33. The average Bonchev–Trinajstić information content (AvgIpc) is 2.56. The monoisotopic (exact) mass is 311 g/mol. The van der Waals surface area contributed by atoms with Crippen molar-refractivity contribution in [3.8, 4) is 0 Å². The zero-order valence-electron chi connectivity index (χ0n) is 14.1. The van der Waals surface area contributed by atoms with Gasteiger partial charge in [0.1, 0.15) is 0 Å². The number of carbonyl (C=O) groups is 1. The molecule has 1 fully saturated rings. The van der Waals surface area contributed by atoms with E-state index < -0.39 is 0 Å². The van der Waals surface area contributed by atoms with E-state index in [1.807, 2.05) is 31.2 Å². The maximum absolute atomic E-state index is 12.5. The average molecular weight is 311 g/mol. The van der Waals surface area contributed by atoms with Crippen molar-refractivity contribution in [2.45, 2.75) is 51.6 Å². The van der Waals surface area contributed by atoms with Gasteiger partial charge in [0, 0.05) is 11.6 Å². The molecule has 3 N–H and O–H groups in total. The van der Waals surface area contributed by atoms with E-state index >= 15 is 0 Å². The predicted octanol–water partition coefficient (Wildman–Crippen LogP) is 3.31. The lowest BCUT2D eigenvalue weighted by Crippen LogP contribution is -2.97. The summed E-state index contributed by atoms with van der Waals surface area (Å²) in [4.78, 5) is 12.5. The number of nitrogens with two attached hydrogens (primary N) is 1. The number of hydrogen-bond acceptors (Lipinski definition) is 1. The maximum atomic E-state index is 12.5. The van der Waals surface area contributed by atoms with Crippen molar-refractivity contribution in [1.29, 1.82) is 0 Å². The van der Waals surface area contributed by atoms with Crippen LogP contribution in [0.3, 0.4) is 0 Å². The largest absolute Gasteiger partial charge is 0.334 e. The third-order valence-electron chi connectivity index (χ3n) is 5.14. The molecule has 122 valence electrons. The lowest BCUT2D eigenvalue weighted by molar-refractivity contribution is -0.714. The molecule has 0 unspecified atom stereocenters. The van der Waals surface area contributed by atoms with Crippen LogP contribution in [0.2, 0.25) is 0 Å². The summed E-state index contributed by atoms with van der Waals surface area (Å²) < 4.78 is 0. The molecule has 3 nitrogen and oxygen atoms in total. The van der Waals surface area contributed by atoms with E-state index in [2.05, 4.69) is 35.8 Å². The van der Waals surface area contributed by atoms with Crippen molar-refractivity contribution in [2.24, 2.45) is 5.92 Å². The fraction of sp³-hybridized carbons (Fsp3) is 0.450. The fourth-order valence-corrected chi connectivity index (χ4v) is 3.61. The Bertz CT molecular complexity index is 682. The van der Waals surface area contributed by atoms with Gasteiger partial charge in [0.15, 0.2) is 6.04 Å². The van der Waals surface area contributed by atoms with E-state index in [4.69, 9.17) is 0 Å². The molecule has 3 atom stereocenters. The molecule has 0 heterocycles. The summed E-state index contributed by atoms with van der Waals surface area (Å²) in [6, 6.07) is 14.8. The van der Waals surface area contributed by atoms with E-state index in [1.54, 1.807) is 0 Å². The maximum Gasteiger partial charge on any atom is 0.282 e. The minimum atomic E-state index is -0.0491. The first-order valence-electron chi connectivity index (χ1n) is 8.78. The number of quaternary nitrogens is 1. The number of anilines is 1. The van der Waals surface area contributed by atoms with Crippen molar-refractivity contribution < 1.29 is 10.1 Å². The number of benzene rings is 2. The summed E-state index contributed by atoms with van der Waals surface area (Å²) in [5.74, 6) is 0.803. The van der Waals surface area contributed by atoms with Crippen LogP contribution in [-0.4, -0.2) is 18.0 Å². The molecule has 2 aromatic rings. The van der Waals surface area contributed by atoms with Gasteiger partial charge in [-0.2, -0.15) is 0 Å². The molecule has 1 aliphatic rings. The summed E-state index contributed by atoms with van der Waals surface area (Å²) in [5, 5.41) is 7.68. The number of nitrogens with one attached hydrogen (secondary N) is 1. The summed E-state index contributed by atoms with van der Waals surface area (Å²) in [5.41, 5.74) is 0.880. The van der Waals surface area contributed by atoms with E-state index in [9.17, 15) is 4.79 Å². The highest BCUT2D eigenvalue weighted by Crippen LogP contribution is 2.21. The molecule has 2 aromatic carbocycles. The Morgan fingerprint density at radius 1 is 1.13 bits per heavy atom. The highest BCUT2D eigenvalue weighted by molar-refractivity contribution is 5.96. The van der Waals surface area contributed by atoms with Crippen LogP contribution in [0.25, 0.3) is 10.8 Å². The van der Waals surface area contributed by atoms with E-state index in [0.717, 1.165) is 11.1 Å². The Hall–Kier alpha value is -1.87. The quantitative estimate of drug-likeness (QED) is 0.894. The first-order chi connectivity index (χ1) is 11.1.